The second-order valence-electron chi connectivity index (χ2n) is 9.46. The van der Waals surface area contributed by atoms with E-state index in [2.05, 4.69) is 48.8 Å². The fraction of sp³-hybridized carbons (Fsp3) is 0.200. The van der Waals surface area contributed by atoms with Gasteiger partial charge in [-0.1, -0.05) is 24.3 Å². The number of methoxy groups -OCH3 is 1. The third kappa shape index (κ3) is 6.17. The second-order valence-corrected chi connectivity index (χ2v) is 10.6. The summed E-state index contributed by atoms with van der Waals surface area (Å²) in [6.07, 6.45) is 3.76. The maximum atomic E-state index is 12.8. The number of amides is 2. The highest BCUT2D eigenvalue weighted by Crippen LogP contribution is 2.36. The first-order valence-electron chi connectivity index (χ1n) is 12.8. The van der Waals surface area contributed by atoms with Crippen LogP contribution in [0.1, 0.15) is 39.1 Å². The molecule has 1 aliphatic rings. The molecule has 1 heterocycles. The van der Waals surface area contributed by atoms with Crippen LogP contribution in [-0.2, 0) is 0 Å². The normalized spacial score (nSPS) is 12.4. The first kappa shape index (κ1) is 27.4. The number of rotatable bonds is 9. The van der Waals surface area contributed by atoms with Crippen molar-refractivity contribution < 1.29 is 14.3 Å². The van der Waals surface area contributed by atoms with Crippen molar-refractivity contribution >= 4 is 57.5 Å². The number of carbonyl (C=O) groups is 2. The van der Waals surface area contributed by atoms with Gasteiger partial charge in [0.15, 0.2) is 0 Å². The summed E-state index contributed by atoms with van der Waals surface area (Å²) in [6, 6.07) is 19.0. The third-order valence-corrected chi connectivity index (χ3v) is 7.35. The molecule has 1 aliphatic carbocycles. The summed E-state index contributed by atoms with van der Waals surface area (Å²) in [5.74, 6) is 1.35. The quantitative estimate of drug-likeness (QED) is 0.170. The van der Waals surface area contributed by atoms with Gasteiger partial charge in [-0.25, -0.2) is 4.98 Å². The maximum absolute atomic E-state index is 12.8. The Kier molecular flexibility index (Phi) is 8.15. The molecule has 4 N–H and O–H groups in total. The average Bonchev–Trinajstić information content (AvgIpc) is 3.79. The lowest BCUT2D eigenvalue weighted by Gasteiger charge is -2.16. The van der Waals surface area contributed by atoms with Crippen LogP contribution in [0.15, 0.2) is 66.9 Å². The van der Waals surface area contributed by atoms with Crippen LogP contribution in [0, 0.1) is 10.5 Å². The fourth-order valence-corrected chi connectivity index (χ4v) is 4.65. The molecule has 1 fully saturated rings. The molecule has 0 unspecified atom stereocenters. The first-order chi connectivity index (χ1) is 19.4. The number of anilines is 4. The van der Waals surface area contributed by atoms with Gasteiger partial charge in [-0.15, -0.1) is 0 Å². The van der Waals surface area contributed by atoms with E-state index < -0.39 is 0 Å². The number of halogens is 1. The van der Waals surface area contributed by atoms with Gasteiger partial charge in [-0.2, -0.15) is 4.98 Å². The van der Waals surface area contributed by atoms with E-state index in [1.165, 1.54) is 0 Å². The van der Waals surface area contributed by atoms with Crippen molar-refractivity contribution in [3.63, 3.8) is 0 Å². The number of ether oxygens (including phenoxy) is 1. The molecule has 204 valence electrons. The molecule has 40 heavy (non-hydrogen) atoms. The minimum Gasteiger partial charge on any atom is -0.495 e. The number of nitrogens with zero attached hydrogens (tertiary/aromatic N) is 2. The highest BCUT2D eigenvalue weighted by Gasteiger charge is 2.25. The lowest BCUT2D eigenvalue weighted by atomic mass is 9.98. The van der Waals surface area contributed by atoms with Crippen molar-refractivity contribution in [3.8, 4) is 16.9 Å². The zero-order valence-electron chi connectivity index (χ0n) is 22.3. The number of nitrogens with one attached hydrogen (secondary N) is 4. The average molecular weight is 649 g/mol. The molecule has 0 aliphatic heterocycles. The van der Waals surface area contributed by atoms with E-state index in [4.69, 9.17) is 9.72 Å². The number of hydrogen-bond acceptors (Lipinski definition) is 7. The van der Waals surface area contributed by atoms with E-state index in [0.29, 0.717) is 40.0 Å². The Bertz CT molecular complexity index is 1570. The molecule has 0 radical (unpaired) electrons. The summed E-state index contributed by atoms with van der Waals surface area (Å²) >= 11 is 2.17. The highest BCUT2D eigenvalue weighted by molar-refractivity contribution is 14.1. The lowest BCUT2D eigenvalue weighted by molar-refractivity contribution is 0.0947. The molecule has 4 aromatic rings. The van der Waals surface area contributed by atoms with Crippen molar-refractivity contribution in [2.45, 2.75) is 25.8 Å². The Morgan fingerprint density at radius 1 is 0.975 bits per heavy atom. The largest absolute Gasteiger partial charge is 0.495 e. The topological polar surface area (TPSA) is 117 Å². The Balaban J connectivity index is 1.39. The minimum atomic E-state index is -0.128. The van der Waals surface area contributed by atoms with E-state index >= 15 is 0 Å². The van der Waals surface area contributed by atoms with Crippen LogP contribution in [-0.4, -0.2) is 42.0 Å². The predicted molar refractivity (Wildman–Crippen MR) is 165 cm³/mol. The fourth-order valence-electron chi connectivity index (χ4n) is 4.26. The molecule has 3 aromatic carbocycles. The first-order valence-corrected chi connectivity index (χ1v) is 13.9. The zero-order valence-corrected chi connectivity index (χ0v) is 24.5. The maximum Gasteiger partial charge on any atom is 0.253 e. The Hall–Kier alpha value is -4.19. The van der Waals surface area contributed by atoms with Gasteiger partial charge in [0.25, 0.3) is 11.8 Å². The number of aryl methyl sites for hydroxylation is 1. The van der Waals surface area contributed by atoms with Crippen LogP contribution in [0.25, 0.3) is 11.1 Å². The molecule has 1 saturated carbocycles. The summed E-state index contributed by atoms with van der Waals surface area (Å²) < 4.78 is 6.50. The van der Waals surface area contributed by atoms with Crippen LogP contribution in [0.2, 0.25) is 0 Å². The SMILES string of the molecule is CNC(=O)c1ccc(-c2cc(OC)c(Nc3ncc(I)c(Nc4ccccc4C(=O)NC4CC4)n3)cc2C)cc1. The molecule has 10 heteroatoms. The third-order valence-electron chi connectivity index (χ3n) is 6.56. The number of para-hydroxylation sites is 1. The molecule has 9 nitrogen and oxygen atoms in total. The predicted octanol–water partition coefficient (Wildman–Crippen LogP) is 5.80. The van der Waals surface area contributed by atoms with Crippen molar-refractivity contribution in [2.24, 2.45) is 0 Å². The molecular formula is C30H29IN6O3. The minimum absolute atomic E-state index is 0.100. The summed E-state index contributed by atoms with van der Waals surface area (Å²) in [6.45, 7) is 2.01. The van der Waals surface area contributed by atoms with Gasteiger partial charge < -0.3 is 26.0 Å². The van der Waals surface area contributed by atoms with Crippen LogP contribution in [0.5, 0.6) is 5.75 Å². The van der Waals surface area contributed by atoms with Crippen molar-refractivity contribution in [3.05, 3.63) is 87.1 Å². The van der Waals surface area contributed by atoms with Crippen LogP contribution < -0.4 is 26.0 Å². The van der Waals surface area contributed by atoms with Gasteiger partial charge >= 0.3 is 0 Å². The number of hydrogen-bond donors (Lipinski definition) is 4. The molecule has 2 amide bonds. The zero-order chi connectivity index (χ0) is 28.2. The monoisotopic (exact) mass is 648 g/mol. The molecule has 0 saturated heterocycles. The van der Waals surface area contributed by atoms with Gasteiger partial charge in [0, 0.05) is 24.8 Å². The van der Waals surface area contributed by atoms with Gasteiger partial charge in [-0.3, -0.25) is 9.59 Å². The molecule has 0 spiro atoms. The van der Waals surface area contributed by atoms with Crippen molar-refractivity contribution in [2.75, 3.05) is 24.8 Å². The lowest BCUT2D eigenvalue weighted by Crippen LogP contribution is -2.26. The molecular weight excluding hydrogens is 619 g/mol. The summed E-state index contributed by atoms with van der Waals surface area (Å²) in [7, 11) is 3.22. The second kappa shape index (κ2) is 11.9. The van der Waals surface area contributed by atoms with E-state index in [9.17, 15) is 9.59 Å². The van der Waals surface area contributed by atoms with E-state index in [1.807, 2.05) is 49.4 Å². The van der Waals surface area contributed by atoms with Crippen LogP contribution >= 0.6 is 22.6 Å². The van der Waals surface area contributed by atoms with E-state index in [0.717, 1.165) is 33.1 Å². The molecule has 1 aromatic heterocycles. The van der Waals surface area contributed by atoms with Crippen molar-refractivity contribution in [1.29, 1.82) is 0 Å². The van der Waals surface area contributed by atoms with Gasteiger partial charge in [0.2, 0.25) is 5.95 Å². The van der Waals surface area contributed by atoms with Gasteiger partial charge in [-0.05, 0) is 95.4 Å². The van der Waals surface area contributed by atoms with Gasteiger partial charge in [0.05, 0.1) is 27.6 Å². The Labute approximate surface area is 246 Å². The number of benzene rings is 3. The summed E-state index contributed by atoms with van der Waals surface area (Å²) in [5, 5.41) is 12.3. The highest BCUT2D eigenvalue weighted by atomic mass is 127. The van der Waals surface area contributed by atoms with E-state index in [1.54, 1.807) is 38.6 Å². The molecule has 0 bridgehead atoms. The Morgan fingerprint density at radius 2 is 1.73 bits per heavy atom. The molecule has 5 rings (SSSR count). The smallest absolute Gasteiger partial charge is 0.253 e. The summed E-state index contributed by atoms with van der Waals surface area (Å²) in [5.41, 5.74) is 5.50. The Morgan fingerprint density at radius 3 is 2.42 bits per heavy atom. The molecule has 0 atom stereocenters. The van der Waals surface area contributed by atoms with Crippen molar-refractivity contribution in [1.82, 2.24) is 20.6 Å². The van der Waals surface area contributed by atoms with Crippen LogP contribution in [0.4, 0.5) is 23.1 Å². The van der Waals surface area contributed by atoms with Crippen LogP contribution in [0.3, 0.4) is 0 Å². The summed E-state index contributed by atoms with van der Waals surface area (Å²) in [4.78, 5) is 33.8. The standard InChI is InChI=1S/C30H29IN6O3/c1-17-14-25(26(40-3)15-22(17)18-8-10-19(11-9-18)28(38)32-2)36-30-33-16-23(31)27(37-30)35-24-7-5-4-6-21(24)29(39)34-20-12-13-20/h4-11,14-16,20H,12-13H2,1-3H3,(H,32,38)(H,34,39)(H2,33,35,36,37). The van der Waals surface area contributed by atoms with Gasteiger partial charge in [0.1, 0.15) is 11.6 Å². The van der Waals surface area contributed by atoms with E-state index in [-0.39, 0.29) is 17.9 Å². The number of carbonyl (C=O) groups excluding carboxylic acids is 2. The number of aromatic nitrogens is 2.